The SMILES string of the molecule is CCCCCCCCCCCCCCCCCC(=O)Oc1ccc(C=O)cc1OC. The van der Waals surface area contributed by atoms with E-state index < -0.39 is 0 Å². The van der Waals surface area contributed by atoms with Gasteiger partial charge in [-0.2, -0.15) is 0 Å². The Balaban J connectivity index is 1.96. The van der Waals surface area contributed by atoms with E-state index in [0.29, 0.717) is 23.5 Å². The summed E-state index contributed by atoms with van der Waals surface area (Å²) in [4.78, 5) is 22.8. The first kappa shape index (κ1) is 26.2. The van der Waals surface area contributed by atoms with E-state index in [2.05, 4.69) is 6.92 Å². The highest BCUT2D eigenvalue weighted by Gasteiger charge is 2.10. The molecule has 0 spiro atoms. The van der Waals surface area contributed by atoms with Crippen molar-refractivity contribution in [2.24, 2.45) is 0 Å². The van der Waals surface area contributed by atoms with Gasteiger partial charge in [0.25, 0.3) is 0 Å². The molecule has 4 nitrogen and oxygen atoms in total. The van der Waals surface area contributed by atoms with Crippen LogP contribution in [0.15, 0.2) is 18.2 Å². The van der Waals surface area contributed by atoms with Crippen LogP contribution in [0, 0.1) is 0 Å². The fourth-order valence-corrected chi connectivity index (χ4v) is 3.66. The first-order valence-electron chi connectivity index (χ1n) is 12.0. The van der Waals surface area contributed by atoms with Crippen LogP contribution in [-0.4, -0.2) is 19.4 Å². The minimum Gasteiger partial charge on any atom is -0.493 e. The first-order chi connectivity index (χ1) is 14.7. The van der Waals surface area contributed by atoms with Crippen molar-refractivity contribution in [2.75, 3.05) is 7.11 Å². The molecule has 0 amide bonds. The summed E-state index contributed by atoms with van der Waals surface area (Å²) in [6.45, 7) is 2.27. The lowest BCUT2D eigenvalue weighted by atomic mass is 10.0. The van der Waals surface area contributed by atoms with Gasteiger partial charge in [-0.05, 0) is 24.6 Å². The van der Waals surface area contributed by atoms with E-state index in [4.69, 9.17) is 9.47 Å². The van der Waals surface area contributed by atoms with Crippen LogP contribution in [0.5, 0.6) is 11.5 Å². The number of carbonyl (C=O) groups is 2. The molecule has 0 bridgehead atoms. The van der Waals surface area contributed by atoms with E-state index in [1.54, 1.807) is 18.2 Å². The van der Waals surface area contributed by atoms with Gasteiger partial charge in [0, 0.05) is 12.0 Å². The van der Waals surface area contributed by atoms with Gasteiger partial charge in [-0.3, -0.25) is 9.59 Å². The zero-order chi connectivity index (χ0) is 21.9. The third-order valence-electron chi connectivity index (χ3n) is 5.53. The molecule has 0 fully saturated rings. The maximum atomic E-state index is 12.0. The molecular formula is C26H42O4. The van der Waals surface area contributed by atoms with Crippen molar-refractivity contribution in [1.82, 2.24) is 0 Å². The Hall–Kier alpha value is -1.84. The average Bonchev–Trinajstić information content (AvgIpc) is 2.76. The highest BCUT2D eigenvalue weighted by Crippen LogP contribution is 2.28. The number of methoxy groups -OCH3 is 1. The summed E-state index contributed by atoms with van der Waals surface area (Å²) in [6, 6.07) is 4.79. The molecule has 0 atom stereocenters. The summed E-state index contributed by atoms with van der Waals surface area (Å²) in [5.74, 6) is 0.528. The number of hydrogen-bond acceptors (Lipinski definition) is 4. The lowest BCUT2D eigenvalue weighted by molar-refractivity contribution is -0.134. The number of ether oxygens (including phenoxy) is 2. The largest absolute Gasteiger partial charge is 0.493 e. The van der Waals surface area contributed by atoms with Crippen LogP contribution in [0.25, 0.3) is 0 Å². The van der Waals surface area contributed by atoms with Crippen molar-refractivity contribution < 1.29 is 19.1 Å². The summed E-state index contributed by atoms with van der Waals surface area (Å²) in [5.41, 5.74) is 0.494. The van der Waals surface area contributed by atoms with Crippen LogP contribution in [0.2, 0.25) is 0 Å². The zero-order valence-corrected chi connectivity index (χ0v) is 19.3. The van der Waals surface area contributed by atoms with Crippen LogP contribution in [-0.2, 0) is 4.79 Å². The lowest BCUT2D eigenvalue weighted by Crippen LogP contribution is -2.08. The van der Waals surface area contributed by atoms with Crippen LogP contribution < -0.4 is 9.47 Å². The van der Waals surface area contributed by atoms with E-state index >= 15 is 0 Å². The fourth-order valence-electron chi connectivity index (χ4n) is 3.66. The highest BCUT2D eigenvalue weighted by molar-refractivity contribution is 5.78. The molecule has 170 valence electrons. The van der Waals surface area contributed by atoms with Gasteiger partial charge in [-0.1, -0.05) is 96.8 Å². The fraction of sp³-hybridized carbons (Fsp3) is 0.692. The average molecular weight is 419 g/mol. The summed E-state index contributed by atoms with van der Waals surface area (Å²) in [5, 5.41) is 0. The van der Waals surface area contributed by atoms with Crippen LogP contribution in [0.3, 0.4) is 0 Å². The second-order valence-electron chi connectivity index (χ2n) is 8.20. The molecule has 0 unspecified atom stereocenters. The molecule has 30 heavy (non-hydrogen) atoms. The van der Waals surface area contributed by atoms with Gasteiger partial charge >= 0.3 is 5.97 Å². The quantitative estimate of drug-likeness (QED) is 0.100. The molecule has 4 heteroatoms. The van der Waals surface area contributed by atoms with Crippen molar-refractivity contribution in [3.05, 3.63) is 23.8 Å². The molecule has 0 aliphatic carbocycles. The van der Waals surface area contributed by atoms with Gasteiger partial charge in [0.2, 0.25) is 0 Å². The molecule has 0 heterocycles. The van der Waals surface area contributed by atoms with Crippen molar-refractivity contribution >= 4 is 12.3 Å². The second-order valence-corrected chi connectivity index (χ2v) is 8.20. The molecule has 0 aromatic heterocycles. The van der Waals surface area contributed by atoms with Gasteiger partial charge < -0.3 is 9.47 Å². The van der Waals surface area contributed by atoms with Crippen molar-refractivity contribution in [1.29, 1.82) is 0 Å². The molecule has 0 saturated carbocycles. The number of hydrogen-bond donors (Lipinski definition) is 0. The van der Waals surface area contributed by atoms with Crippen LogP contribution in [0.4, 0.5) is 0 Å². The number of rotatable bonds is 19. The molecule has 0 aliphatic heterocycles. The minimum absolute atomic E-state index is 0.248. The van der Waals surface area contributed by atoms with Gasteiger partial charge in [0.1, 0.15) is 6.29 Å². The van der Waals surface area contributed by atoms with E-state index in [1.165, 1.54) is 90.6 Å². The molecule has 1 rings (SSSR count). The molecular weight excluding hydrogens is 376 g/mol. The Morgan fingerprint density at radius 2 is 1.27 bits per heavy atom. The predicted molar refractivity (Wildman–Crippen MR) is 124 cm³/mol. The number of carbonyl (C=O) groups excluding carboxylic acids is 2. The number of unbranched alkanes of at least 4 members (excludes halogenated alkanes) is 14. The summed E-state index contributed by atoms with van der Waals surface area (Å²) < 4.78 is 10.6. The monoisotopic (exact) mass is 418 g/mol. The number of aldehydes is 1. The third kappa shape index (κ3) is 12.7. The Bertz CT molecular complexity index is 582. The Labute approximate surface area is 183 Å². The van der Waals surface area contributed by atoms with E-state index in [-0.39, 0.29) is 5.97 Å². The topological polar surface area (TPSA) is 52.6 Å². The summed E-state index contributed by atoms with van der Waals surface area (Å²) in [6.07, 6.45) is 20.7. The Morgan fingerprint density at radius 3 is 1.73 bits per heavy atom. The molecule has 0 N–H and O–H groups in total. The molecule has 1 aromatic carbocycles. The molecule has 1 aromatic rings. The standard InChI is InChI=1S/C26H42O4/c1-3-4-5-6-7-8-9-10-11-12-13-14-15-16-17-18-26(28)30-24-20-19-23(22-27)21-25(24)29-2/h19-22H,3-18H2,1-2H3. The lowest BCUT2D eigenvalue weighted by Gasteiger charge is -2.09. The zero-order valence-electron chi connectivity index (χ0n) is 19.3. The maximum Gasteiger partial charge on any atom is 0.311 e. The normalized spacial score (nSPS) is 10.7. The van der Waals surface area contributed by atoms with Crippen molar-refractivity contribution in [3.8, 4) is 11.5 Å². The van der Waals surface area contributed by atoms with E-state index in [9.17, 15) is 9.59 Å². The number of benzene rings is 1. The molecule has 0 radical (unpaired) electrons. The van der Waals surface area contributed by atoms with Crippen LogP contribution in [0.1, 0.15) is 120 Å². The Kier molecular flexibility index (Phi) is 15.7. The Morgan fingerprint density at radius 1 is 0.767 bits per heavy atom. The summed E-state index contributed by atoms with van der Waals surface area (Å²) >= 11 is 0. The summed E-state index contributed by atoms with van der Waals surface area (Å²) in [7, 11) is 1.50. The smallest absolute Gasteiger partial charge is 0.311 e. The first-order valence-corrected chi connectivity index (χ1v) is 12.0. The highest BCUT2D eigenvalue weighted by atomic mass is 16.6. The van der Waals surface area contributed by atoms with Gasteiger partial charge in [-0.25, -0.2) is 0 Å². The number of esters is 1. The van der Waals surface area contributed by atoms with Crippen LogP contribution >= 0.6 is 0 Å². The maximum absolute atomic E-state index is 12.0. The van der Waals surface area contributed by atoms with Gasteiger partial charge in [0.05, 0.1) is 7.11 Å². The van der Waals surface area contributed by atoms with E-state index in [0.717, 1.165) is 19.1 Å². The molecule has 0 saturated heterocycles. The predicted octanol–water partition coefficient (Wildman–Crippen LogP) is 7.67. The minimum atomic E-state index is -0.248. The second kappa shape index (κ2) is 18.0. The third-order valence-corrected chi connectivity index (χ3v) is 5.53. The van der Waals surface area contributed by atoms with E-state index in [1.807, 2.05) is 0 Å². The molecule has 0 aliphatic rings. The van der Waals surface area contributed by atoms with Gasteiger partial charge in [-0.15, -0.1) is 0 Å². The van der Waals surface area contributed by atoms with Crippen molar-refractivity contribution in [2.45, 2.75) is 110 Å². The van der Waals surface area contributed by atoms with Gasteiger partial charge in [0.15, 0.2) is 11.5 Å². The van der Waals surface area contributed by atoms with Crippen molar-refractivity contribution in [3.63, 3.8) is 0 Å².